The molecule has 2 heterocycles. The van der Waals surface area contributed by atoms with Crippen molar-refractivity contribution in [2.45, 2.75) is 13.8 Å². The Balaban J connectivity index is 2.34. The van der Waals surface area contributed by atoms with E-state index in [9.17, 15) is 0 Å². The third-order valence-corrected chi connectivity index (χ3v) is 3.83. The number of thiophene rings is 1. The van der Waals surface area contributed by atoms with E-state index in [0.717, 1.165) is 0 Å². The largest absolute Gasteiger partial charge is 0.305 e. The van der Waals surface area contributed by atoms with E-state index in [4.69, 9.17) is 0 Å². The molecule has 0 fully saturated rings. The first-order chi connectivity index (χ1) is 7.75. The highest BCUT2D eigenvalue weighted by Crippen LogP contribution is 2.28. The standard InChI is InChI=1S/C14H13NS/c1-10-9-12-5-3-4-6-13(12)15(10)14-8-7-11(2)16-14/h3-9H,1-2H3. The molecule has 1 aromatic carbocycles. The maximum Gasteiger partial charge on any atom is 0.0999 e. The van der Waals surface area contributed by atoms with Crippen LogP contribution >= 0.6 is 11.3 Å². The lowest BCUT2D eigenvalue weighted by Crippen LogP contribution is -1.91. The van der Waals surface area contributed by atoms with Crippen molar-refractivity contribution in [2.24, 2.45) is 0 Å². The summed E-state index contributed by atoms with van der Waals surface area (Å²) in [6, 6.07) is 15.1. The molecule has 0 N–H and O–H groups in total. The van der Waals surface area contributed by atoms with Gasteiger partial charge in [0, 0.05) is 16.0 Å². The van der Waals surface area contributed by atoms with E-state index in [1.807, 2.05) is 11.3 Å². The summed E-state index contributed by atoms with van der Waals surface area (Å²) in [6.07, 6.45) is 0. The number of nitrogens with zero attached hydrogens (tertiary/aromatic N) is 1. The highest BCUT2D eigenvalue weighted by Gasteiger charge is 2.07. The van der Waals surface area contributed by atoms with Crippen molar-refractivity contribution in [1.29, 1.82) is 0 Å². The van der Waals surface area contributed by atoms with Crippen LogP contribution in [0, 0.1) is 13.8 Å². The Morgan fingerprint density at radius 3 is 2.56 bits per heavy atom. The van der Waals surface area contributed by atoms with Crippen LogP contribution in [0.1, 0.15) is 10.6 Å². The fourth-order valence-corrected chi connectivity index (χ4v) is 3.06. The predicted molar refractivity (Wildman–Crippen MR) is 70.6 cm³/mol. The highest BCUT2D eigenvalue weighted by atomic mass is 32.1. The summed E-state index contributed by atoms with van der Waals surface area (Å²) in [5, 5.41) is 2.61. The summed E-state index contributed by atoms with van der Waals surface area (Å²) in [7, 11) is 0. The monoisotopic (exact) mass is 227 g/mol. The molecule has 80 valence electrons. The van der Waals surface area contributed by atoms with Crippen LogP contribution < -0.4 is 0 Å². The highest BCUT2D eigenvalue weighted by molar-refractivity contribution is 7.14. The zero-order chi connectivity index (χ0) is 11.1. The number of rotatable bonds is 1. The molecule has 2 aromatic heterocycles. The molecule has 3 rings (SSSR count). The van der Waals surface area contributed by atoms with Crippen molar-refractivity contribution in [3.05, 3.63) is 53.0 Å². The first-order valence-corrected chi connectivity index (χ1v) is 6.21. The van der Waals surface area contributed by atoms with E-state index >= 15 is 0 Å². The summed E-state index contributed by atoms with van der Waals surface area (Å²) in [5.74, 6) is 0. The number of hydrogen-bond acceptors (Lipinski definition) is 1. The Morgan fingerprint density at radius 1 is 1.00 bits per heavy atom. The molecule has 0 radical (unpaired) electrons. The van der Waals surface area contributed by atoms with Gasteiger partial charge >= 0.3 is 0 Å². The Hall–Kier alpha value is -1.54. The Morgan fingerprint density at radius 2 is 1.81 bits per heavy atom. The van der Waals surface area contributed by atoms with Crippen molar-refractivity contribution in [1.82, 2.24) is 4.57 Å². The minimum atomic E-state index is 1.29. The van der Waals surface area contributed by atoms with Gasteiger partial charge in [-0.15, -0.1) is 11.3 Å². The molecule has 0 spiro atoms. The van der Waals surface area contributed by atoms with Crippen molar-refractivity contribution in [3.63, 3.8) is 0 Å². The molecular weight excluding hydrogens is 214 g/mol. The summed E-state index contributed by atoms with van der Waals surface area (Å²) < 4.78 is 2.33. The minimum absolute atomic E-state index is 1.29. The number of benzene rings is 1. The van der Waals surface area contributed by atoms with Gasteiger partial charge in [0.1, 0.15) is 0 Å². The second-order valence-corrected chi connectivity index (χ2v) is 5.33. The second kappa shape index (κ2) is 3.49. The van der Waals surface area contributed by atoms with Gasteiger partial charge in [0.05, 0.1) is 10.5 Å². The number of para-hydroxylation sites is 1. The first kappa shape index (κ1) is 9.67. The van der Waals surface area contributed by atoms with Crippen LogP contribution in [0.2, 0.25) is 0 Å². The van der Waals surface area contributed by atoms with Gasteiger partial charge in [0.15, 0.2) is 0 Å². The zero-order valence-corrected chi connectivity index (χ0v) is 10.2. The number of aromatic nitrogens is 1. The van der Waals surface area contributed by atoms with Crippen molar-refractivity contribution in [3.8, 4) is 5.00 Å². The fourth-order valence-electron chi connectivity index (χ4n) is 2.13. The van der Waals surface area contributed by atoms with Crippen molar-refractivity contribution < 1.29 is 0 Å². The van der Waals surface area contributed by atoms with Gasteiger partial charge in [-0.2, -0.15) is 0 Å². The van der Waals surface area contributed by atoms with Gasteiger partial charge in [-0.1, -0.05) is 18.2 Å². The normalized spacial score (nSPS) is 11.1. The maximum atomic E-state index is 2.33. The van der Waals surface area contributed by atoms with E-state index in [1.165, 1.54) is 26.5 Å². The van der Waals surface area contributed by atoms with Gasteiger partial charge in [0.2, 0.25) is 0 Å². The van der Waals surface area contributed by atoms with Crippen LogP contribution in [-0.2, 0) is 0 Å². The van der Waals surface area contributed by atoms with E-state index in [2.05, 4.69) is 60.9 Å². The average Bonchev–Trinajstić information content (AvgIpc) is 2.80. The number of fused-ring (bicyclic) bond motifs is 1. The molecule has 0 atom stereocenters. The molecule has 0 unspecified atom stereocenters. The SMILES string of the molecule is Cc1ccc(-n2c(C)cc3ccccc32)s1. The van der Waals surface area contributed by atoms with Gasteiger partial charge in [-0.25, -0.2) is 0 Å². The molecule has 3 aromatic rings. The lowest BCUT2D eigenvalue weighted by Gasteiger charge is -2.04. The van der Waals surface area contributed by atoms with Crippen LogP contribution in [0.5, 0.6) is 0 Å². The fraction of sp³-hybridized carbons (Fsp3) is 0.143. The third-order valence-electron chi connectivity index (χ3n) is 2.84. The van der Waals surface area contributed by atoms with Gasteiger partial charge in [-0.05, 0) is 38.1 Å². The molecule has 1 nitrogen and oxygen atoms in total. The van der Waals surface area contributed by atoms with Crippen LogP contribution in [0.25, 0.3) is 15.9 Å². The van der Waals surface area contributed by atoms with Gasteiger partial charge < -0.3 is 4.57 Å². The van der Waals surface area contributed by atoms with E-state index in [-0.39, 0.29) is 0 Å². The Labute approximate surface area is 99.0 Å². The maximum absolute atomic E-state index is 2.33. The lowest BCUT2D eigenvalue weighted by molar-refractivity contribution is 1.08. The molecule has 2 heteroatoms. The molecule has 0 aliphatic rings. The van der Waals surface area contributed by atoms with Crippen LogP contribution in [-0.4, -0.2) is 4.57 Å². The molecule has 0 bridgehead atoms. The third kappa shape index (κ3) is 1.38. The van der Waals surface area contributed by atoms with E-state index in [0.29, 0.717) is 0 Å². The zero-order valence-electron chi connectivity index (χ0n) is 9.40. The van der Waals surface area contributed by atoms with Crippen LogP contribution in [0.4, 0.5) is 0 Å². The summed E-state index contributed by atoms with van der Waals surface area (Å²) in [5.41, 5.74) is 2.59. The first-order valence-electron chi connectivity index (χ1n) is 5.39. The smallest absolute Gasteiger partial charge is 0.0999 e. The number of aryl methyl sites for hydroxylation is 2. The van der Waals surface area contributed by atoms with Crippen LogP contribution in [0.15, 0.2) is 42.5 Å². The Kier molecular flexibility index (Phi) is 2.11. The van der Waals surface area contributed by atoms with Crippen molar-refractivity contribution in [2.75, 3.05) is 0 Å². The second-order valence-electron chi connectivity index (χ2n) is 4.06. The molecule has 0 aliphatic carbocycles. The molecular formula is C14H13NS. The quantitative estimate of drug-likeness (QED) is 0.584. The summed E-state index contributed by atoms with van der Waals surface area (Å²) in [4.78, 5) is 1.35. The minimum Gasteiger partial charge on any atom is -0.305 e. The van der Waals surface area contributed by atoms with Crippen molar-refractivity contribution >= 4 is 22.2 Å². The molecule has 0 amide bonds. The molecule has 0 saturated heterocycles. The molecule has 0 aliphatic heterocycles. The summed E-state index contributed by atoms with van der Waals surface area (Å²) in [6.45, 7) is 4.31. The molecule has 16 heavy (non-hydrogen) atoms. The lowest BCUT2D eigenvalue weighted by atomic mass is 10.2. The molecule has 0 saturated carbocycles. The summed E-state index contributed by atoms with van der Waals surface area (Å²) >= 11 is 1.84. The van der Waals surface area contributed by atoms with E-state index in [1.54, 1.807) is 0 Å². The number of hydrogen-bond donors (Lipinski definition) is 0. The van der Waals surface area contributed by atoms with E-state index < -0.39 is 0 Å². The van der Waals surface area contributed by atoms with Gasteiger partial charge in [0.25, 0.3) is 0 Å². The van der Waals surface area contributed by atoms with Gasteiger partial charge in [-0.3, -0.25) is 0 Å². The van der Waals surface area contributed by atoms with Crippen LogP contribution in [0.3, 0.4) is 0 Å². The average molecular weight is 227 g/mol. The topological polar surface area (TPSA) is 4.93 Å². The Bertz CT molecular complexity index is 646. The predicted octanol–water partition coefficient (Wildman–Crippen LogP) is 4.31.